The molecule has 1 aliphatic heterocycles. The summed E-state index contributed by atoms with van der Waals surface area (Å²) in [6, 6.07) is 6.77. The largest absolute Gasteiger partial charge is 0.471 e. The van der Waals surface area contributed by atoms with Gasteiger partial charge >= 0.3 is 12.1 Å². The van der Waals surface area contributed by atoms with Crippen LogP contribution in [0.25, 0.3) is 0 Å². The summed E-state index contributed by atoms with van der Waals surface area (Å²) < 4.78 is 21.1. The number of carbonyl (C=O) groups excluding carboxylic acids is 2. The fourth-order valence-electron chi connectivity index (χ4n) is 3.36. The van der Waals surface area contributed by atoms with Crippen LogP contribution in [-0.2, 0) is 23.7 Å². The molecule has 0 fully saturated rings. The van der Waals surface area contributed by atoms with Crippen LogP contribution in [-0.4, -0.2) is 39.2 Å². The first kappa shape index (κ1) is 19.3. The number of fused-ring (bicyclic) bond motifs is 1. The Labute approximate surface area is 161 Å². The zero-order valence-corrected chi connectivity index (χ0v) is 15.7. The van der Waals surface area contributed by atoms with E-state index in [1.165, 1.54) is 20.5 Å². The molecule has 7 nitrogen and oxygen atoms in total. The zero-order valence-electron chi connectivity index (χ0n) is 14.9. The lowest BCUT2D eigenvalue weighted by Crippen LogP contribution is -2.37. The van der Waals surface area contributed by atoms with Gasteiger partial charge in [-0.25, -0.2) is 9.59 Å². The van der Waals surface area contributed by atoms with Gasteiger partial charge < -0.3 is 18.9 Å². The summed E-state index contributed by atoms with van der Waals surface area (Å²) in [4.78, 5) is 24.0. The predicted molar refractivity (Wildman–Crippen MR) is 98.1 cm³/mol. The quantitative estimate of drug-likeness (QED) is 0.608. The number of esters is 1. The van der Waals surface area contributed by atoms with Gasteiger partial charge in [-0.2, -0.15) is 0 Å². The molecule has 8 heteroatoms. The van der Waals surface area contributed by atoms with Crippen LogP contribution in [0.2, 0.25) is 5.02 Å². The predicted octanol–water partition coefficient (Wildman–Crippen LogP) is 3.51. The normalized spacial score (nSPS) is 23.4. The van der Waals surface area contributed by atoms with Crippen LogP contribution in [0.3, 0.4) is 0 Å². The van der Waals surface area contributed by atoms with Gasteiger partial charge in [0.05, 0.1) is 24.9 Å². The first-order chi connectivity index (χ1) is 13.0. The van der Waals surface area contributed by atoms with E-state index in [2.05, 4.69) is 5.32 Å². The maximum Gasteiger partial charge on any atom is 0.411 e. The molecule has 3 atom stereocenters. The molecule has 0 bridgehead atoms. The molecule has 0 saturated heterocycles. The van der Waals surface area contributed by atoms with E-state index in [1.807, 2.05) is 6.08 Å². The molecule has 0 radical (unpaired) electrons. The number of hydrogen-bond acceptors (Lipinski definition) is 6. The number of allylic oxidation sites excluding steroid dienone is 1. The van der Waals surface area contributed by atoms with Crippen molar-refractivity contribution >= 4 is 29.4 Å². The van der Waals surface area contributed by atoms with Crippen molar-refractivity contribution in [2.45, 2.75) is 12.7 Å². The highest BCUT2D eigenvalue weighted by atomic mass is 35.5. The second-order valence-corrected chi connectivity index (χ2v) is 6.60. The van der Waals surface area contributed by atoms with Crippen LogP contribution < -0.4 is 5.32 Å². The van der Waals surface area contributed by atoms with Crippen molar-refractivity contribution in [1.82, 2.24) is 0 Å². The second kappa shape index (κ2) is 8.45. The van der Waals surface area contributed by atoms with Crippen molar-refractivity contribution in [3.63, 3.8) is 0 Å². The maximum atomic E-state index is 12.1. The van der Waals surface area contributed by atoms with E-state index in [9.17, 15) is 9.59 Å². The lowest BCUT2D eigenvalue weighted by atomic mass is 9.83. The highest BCUT2D eigenvalue weighted by molar-refractivity contribution is 6.30. The Balaban J connectivity index is 1.63. The van der Waals surface area contributed by atoms with Crippen LogP contribution >= 0.6 is 11.6 Å². The molecule has 0 spiro atoms. The molecule has 1 N–H and O–H groups in total. The topological polar surface area (TPSA) is 83.1 Å². The smallest absolute Gasteiger partial charge is 0.411 e. The lowest BCUT2D eigenvalue weighted by molar-refractivity contribution is -0.146. The van der Waals surface area contributed by atoms with E-state index < -0.39 is 18.4 Å². The van der Waals surface area contributed by atoms with Crippen molar-refractivity contribution in [3.05, 3.63) is 52.8 Å². The number of ether oxygens (including phenoxy) is 4. The van der Waals surface area contributed by atoms with Crippen molar-refractivity contribution < 1.29 is 28.5 Å². The highest BCUT2D eigenvalue weighted by Crippen LogP contribution is 2.43. The molecule has 1 amide bonds. The second-order valence-electron chi connectivity index (χ2n) is 6.16. The van der Waals surface area contributed by atoms with E-state index in [0.29, 0.717) is 22.7 Å². The van der Waals surface area contributed by atoms with Gasteiger partial charge in [-0.3, -0.25) is 5.32 Å². The number of benzene rings is 1. The molecule has 0 saturated carbocycles. The summed E-state index contributed by atoms with van der Waals surface area (Å²) in [5, 5.41) is 3.13. The van der Waals surface area contributed by atoms with Gasteiger partial charge in [-0.15, -0.1) is 0 Å². The third-order valence-electron chi connectivity index (χ3n) is 4.61. The van der Waals surface area contributed by atoms with Crippen LogP contribution in [0.15, 0.2) is 47.7 Å². The fraction of sp³-hybridized carbons (Fsp3) is 0.368. The average molecular weight is 394 g/mol. The van der Waals surface area contributed by atoms with E-state index in [0.717, 1.165) is 5.57 Å². The molecule has 1 aromatic rings. The Bertz CT molecular complexity index is 790. The Hall–Kier alpha value is -2.51. The van der Waals surface area contributed by atoms with Gasteiger partial charge in [0.2, 0.25) is 6.29 Å². The molecule has 3 rings (SSSR count). The number of halogens is 1. The Morgan fingerprint density at radius 1 is 1.33 bits per heavy atom. The van der Waals surface area contributed by atoms with E-state index in [-0.39, 0.29) is 18.4 Å². The number of amides is 1. The van der Waals surface area contributed by atoms with Gasteiger partial charge in [0.25, 0.3) is 0 Å². The maximum absolute atomic E-state index is 12.1. The number of nitrogens with one attached hydrogen (secondary N) is 1. The number of methoxy groups -OCH3 is 2. The molecule has 27 heavy (non-hydrogen) atoms. The van der Waals surface area contributed by atoms with Crippen LogP contribution in [0.4, 0.5) is 10.5 Å². The Morgan fingerprint density at radius 3 is 2.85 bits per heavy atom. The molecule has 1 heterocycles. The number of anilines is 1. The monoisotopic (exact) mass is 393 g/mol. The van der Waals surface area contributed by atoms with Gasteiger partial charge in [0.15, 0.2) is 0 Å². The van der Waals surface area contributed by atoms with Gasteiger partial charge in [0.1, 0.15) is 6.61 Å². The van der Waals surface area contributed by atoms with E-state index >= 15 is 0 Å². The van der Waals surface area contributed by atoms with Crippen LogP contribution in [0.1, 0.15) is 6.42 Å². The molecular weight excluding hydrogens is 374 g/mol. The summed E-state index contributed by atoms with van der Waals surface area (Å²) in [5.41, 5.74) is 1.82. The van der Waals surface area contributed by atoms with Gasteiger partial charge in [0, 0.05) is 23.7 Å². The van der Waals surface area contributed by atoms with Crippen molar-refractivity contribution in [1.29, 1.82) is 0 Å². The summed E-state index contributed by atoms with van der Waals surface area (Å²) in [7, 11) is 2.86. The molecule has 1 aliphatic carbocycles. The van der Waals surface area contributed by atoms with Crippen molar-refractivity contribution in [3.8, 4) is 0 Å². The van der Waals surface area contributed by atoms with Crippen molar-refractivity contribution in [2.75, 3.05) is 26.1 Å². The van der Waals surface area contributed by atoms with Crippen LogP contribution in [0.5, 0.6) is 0 Å². The third kappa shape index (κ3) is 4.26. The standard InChI is InChI=1S/C19H20ClNO6/c1-24-17(22)15-10-26-18(25-2)16-11(6-7-14(15)16)9-27-19(23)21-13-5-3-4-12(20)8-13/h3-6,8,10,14,16,18H,7,9H2,1-2H3,(H,21,23)/t14-,16-,18-/m1/s1. The molecule has 1 aromatic carbocycles. The Kier molecular flexibility index (Phi) is 6.03. The number of hydrogen-bond donors (Lipinski definition) is 1. The summed E-state index contributed by atoms with van der Waals surface area (Å²) in [6.45, 7) is 0.0608. The molecule has 0 unspecified atom stereocenters. The lowest BCUT2D eigenvalue weighted by Gasteiger charge is -2.33. The van der Waals surface area contributed by atoms with Gasteiger partial charge in [-0.05, 0) is 30.2 Å². The highest BCUT2D eigenvalue weighted by Gasteiger charge is 2.44. The first-order valence-corrected chi connectivity index (χ1v) is 8.76. The SMILES string of the molecule is COC(=O)C1=CO[C@@H](OC)[C@@H]2C(COC(=O)Nc3cccc(Cl)c3)=CC[C@H]12. The minimum Gasteiger partial charge on any atom is -0.471 e. The summed E-state index contributed by atoms with van der Waals surface area (Å²) >= 11 is 5.90. The summed E-state index contributed by atoms with van der Waals surface area (Å²) in [6.07, 6.45) is 2.79. The fourth-order valence-corrected chi connectivity index (χ4v) is 3.55. The third-order valence-corrected chi connectivity index (χ3v) is 4.85. The van der Waals surface area contributed by atoms with Gasteiger partial charge in [-0.1, -0.05) is 23.7 Å². The van der Waals surface area contributed by atoms with E-state index in [4.69, 9.17) is 30.5 Å². The average Bonchev–Trinajstić information content (AvgIpc) is 3.09. The van der Waals surface area contributed by atoms with Crippen molar-refractivity contribution in [2.24, 2.45) is 11.8 Å². The molecule has 144 valence electrons. The number of rotatable bonds is 5. The first-order valence-electron chi connectivity index (χ1n) is 8.38. The molecular formula is C19H20ClNO6. The molecule has 2 aliphatic rings. The molecule has 0 aromatic heterocycles. The summed E-state index contributed by atoms with van der Waals surface area (Å²) in [5.74, 6) is -0.798. The minimum absolute atomic E-state index is 0.0608. The Morgan fingerprint density at radius 2 is 2.15 bits per heavy atom. The zero-order chi connectivity index (χ0) is 19.4. The van der Waals surface area contributed by atoms with Crippen LogP contribution in [0, 0.1) is 11.8 Å². The minimum atomic E-state index is -0.601. The number of carbonyl (C=O) groups is 2. The van der Waals surface area contributed by atoms with E-state index in [1.54, 1.807) is 24.3 Å².